The first-order valence-electron chi connectivity index (χ1n) is 7.83. The first-order valence-corrected chi connectivity index (χ1v) is 8.64. The molecule has 0 aliphatic carbocycles. The maximum absolute atomic E-state index is 12.3. The van der Waals surface area contributed by atoms with Crippen LogP contribution in [0.3, 0.4) is 0 Å². The summed E-state index contributed by atoms with van der Waals surface area (Å²) in [6, 6.07) is 9.61. The molecule has 2 heterocycles. The lowest BCUT2D eigenvalue weighted by Crippen LogP contribution is -2.03. The van der Waals surface area contributed by atoms with Crippen LogP contribution < -0.4 is 4.74 Å². The third-order valence-electron chi connectivity index (χ3n) is 3.92. The summed E-state index contributed by atoms with van der Waals surface area (Å²) in [4.78, 5) is 18.1. The second-order valence-corrected chi connectivity index (χ2v) is 6.89. The van der Waals surface area contributed by atoms with Crippen LogP contribution in [0.1, 0.15) is 31.9 Å². The van der Waals surface area contributed by atoms with Gasteiger partial charge in [-0.3, -0.25) is 0 Å². The number of nitrogens with zero attached hydrogens (tertiary/aromatic N) is 1. The van der Waals surface area contributed by atoms with Crippen molar-refractivity contribution in [3.63, 3.8) is 0 Å². The molecule has 0 saturated carbocycles. The Hall–Kier alpha value is -2.60. The van der Waals surface area contributed by atoms with Gasteiger partial charge in [0.25, 0.3) is 0 Å². The molecule has 0 radical (unpaired) electrons. The molecule has 2 aromatic heterocycles. The van der Waals surface area contributed by atoms with Crippen LogP contribution in [0.5, 0.6) is 5.75 Å². The van der Waals surface area contributed by atoms with Crippen molar-refractivity contribution in [3.8, 4) is 16.9 Å². The highest BCUT2D eigenvalue weighted by Gasteiger charge is 2.16. The lowest BCUT2D eigenvalue weighted by atomic mass is 10.1. The fourth-order valence-corrected chi connectivity index (χ4v) is 3.37. The van der Waals surface area contributed by atoms with E-state index >= 15 is 0 Å². The summed E-state index contributed by atoms with van der Waals surface area (Å²) in [6.07, 6.45) is 0. The molecule has 0 atom stereocenters. The summed E-state index contributed by atoms with van der Waals surface area (Å²) in [7, 11) is 1.63. The Kier molecular flexibility index (Phi) is 4.90. The van der Waals surface area contributed by atoms with Crippen molar-refractivity contribution in [3.05, 3.63) is 57.4 Å². The van der Waals surface area contributed by atoms with Crippen LogP contribution in [-0.2, 0) is 11.3 Å². The number of ether oxygens (including phenoxy) is 2. The maximum atomic E-state index is 12.3. The van der Waals surface area contributed by atoms with Crippen molar-refractivity contribution in [1.82, 2.24) is 4.98 Å². The zero-order chi connectivity index (χ0) is 18.0. The normalized spacial score (nSPS) is 10.7. The van der Waals surface area contributed by atoms with Crippen molar-refractivity contribution < 1.29 is 18.7 Å². The number of esters is 1. The fraction of sp³-hybridized carbons (Fsp3) is 0.263. The molecule has 0 aliphatic heterocycles. The second kappa shape index (κ2) is 7.11. The predicted molar refractivity (Wildman–Crippen MR) is 96.1 cm³/mol. The van der Waals surface area contributed by atoms with Crippen molar-refractivity contribution >= 4 is 17.3 Å². The predicted octanol–water partition coefficient (Wildman–Crippen LogP) is 4.69. The summed E-state index contributed by atoms with van der Waals surface area (Å²) < 4.78 is 15.9. The van der Waals surface area contributed by atoms with Gasteiger partial charge in [-0.1, -0.05) is 12.1 Å². The first-order chi connectivity index (χ1) is 12.0. The maximum Gasteiger partial charge on any atom is 0.348 e. The van der Waals surface area contributed by atoms with Crippen LogP contribution in [0.25, 0.3) is 11.1 Å². The molecule has 6 heteroatoms. The standard InChI is InChI=1S/C19H19NO4S/c1-11-12(2)24-18(20-11)10-23-19(21)17-9-16(13(3)25-17)14-5-7-15(22-4)8-6-14/h5-9H,10H2,1-4H3. The molecule has 0 unspecified atom stereocenters. The van der Waals surface area contributed by atoms with E-state index in [1.165, 1.54) is 11.3 Å². The van der Waals surface area contributed by atoms with Crippen molar-refractivity contribution in [2.75, 3.05) is 7.11 Å². The van der Waals surface area contributed by atoms with Gasteiger partial charge in [0.05, 0.1) is 12.8 Å². The van der Waals surface area contributed by atoms with E-state index in [4.69, 9.17) is 13.9 Å². The molecule has 3 aromatic rings. The summed E-state index contributed by atoms with van der Waals surface area (Å²) in [5.41, 5.74) is 2.86. The van der Waals surface area contributed by atoms with Crippen LogP contribution in [0.2, 0.25) is 0 Å². The number of benzene rings is 1. The average molecular weight is 357 g/mol. The minimum atomic E-state index is -0.374. The van der Waals surface area contributed by atoms with Gasteiger partial charge in [-0.25, -0.2) is 9.78 Å². The highest BCUT2D eigenvalue weighted by atomic mass is 32.1. The van der Waals surface area contributed by atoms with Gasteiger partial charge in [-0.2, -0.15) is 0 Å². The molecule has 0 amide bonds. The lowest BCUT2D eigenvalue weighted by molar-refractivity contribution is 0.0443. The van der Waals surface area contributed by atoms with Gasteiger partial charge in [0, 0.05) is 4.88 Å². The smallest absolute Gasteiger partial charge is 0.348 e. The largest absolute Gasteiger partial charge is 0.497 e. The molecule has 0 bridgehead atoms. The second-order valence-electron chi connectivity index (χ2n) is 5.63. The van der Waals surface area contributed by atoms with Gasteiger partial charge in [-0.05, 0) is 50.1 Å². The van der Waals surface area contributed by atoms with Crippen LogP contribution in [0.4, 0.5) is 0 Å². The quantitative estimate of drug-likeness (QED) is 0.620. The molecule has 0 spiro atoms. The van der Waals surface area contributed by atoms with Crippen molar-refractivity contribution in [2.24, 2.45) is 0 Å². The van der Waals surface area contributed by atoms with Gasteiger partial charge in [0.15, 0.2) is 6.61 Å². The topological polar surface area (TPSA) is 61.6 Å². The Bertz CT molecular complexity index is 873. The van der Waals surface area contributed by atoms with Crippen molar-refractivity contribution in [2.45, 2.75) is 27.4 Å². The summed E-state index contributed by atoms with van der Waals surface area (Å²) in [6.45, 7) is 5.70. The van der Waals surface area contributed by atoms with E-state index in [0.29, 0.717) is 10.8 Å². The number of carbonyl (C=O) groups excluding carboxylic acids is 1. The van der Waals surface area contributed by atoms with Gasteiger partial charge >= 0.3 is 5.97 Å². The molecule has 0 aliphatic rings. The number of oxazole rings is 1. The molecular formula is C19H19NO4S. The van der Waals surface area contributed by atoms with Gasteiger partial charge < -0.3 is 13.9 Å². The van der Waals surface area contributed by atoms with E-state index in [-0.39, 0.29) is 12.6 Å². The molecule has 0 N–H and O–H groups in total. The molecule has 130 valence electrons. The van der Waals surface area contributed by atoms with Crippen molar-refractivity contribution in [1.29, 1.82) is 0 Å². The van der Waals surface area contributed by atoms with Crippen LogP contribution in [-0.4, -0.2) is 18.1 Å². The third-order valence-corrected chi connectivity index (χ3v) is 4.95. The SMILES string of the molecule is COc1ccc(-c2cc(C(=O)OCc3nc(C)c(C)o3)sc2C)cc1. The Morgan fingerprint density at radius 2 is 1.92 bits per heavy atom. The lowest BCUT2D eigenvalue weighted by Gasteiger charge is -2.02. The Morgan fingerprint density at radius 1 is 1.20 bits per heavy atom. The van der Waals surface area contributed by atoms with E-state index in [0.717, 1.165) is 33.2 Å². The summed E-state index contributed by atoms with van der Waals surface area (Å²) in [5.74, 6) is 1.57. The van der Waals surface area contributed by atoms with Gasteiger partial charge in [-0.15, -0.1) is 11.3 Å². The van der Waals surface area contributed by atoms with E-state index in [1.807, 2.05) is 51.1 Å². The fourth-order valence-electron chi connectivity index (χ4n) is 2.44. The molecule has 3 rings (SSSR count). The molecule has 5 nitrogen and oxygen atoms in total. The number of carbonyl (C=O) groups is 1. The number of hydrogen-bond acceptors (Lipinski definition) is 6. The summed E-state index contributed by atoms with van der Waals surface area (Å²) in [5, 5.41) is 0. The minimum absolute atomic E-state index is 0.0301. The Morgan fingerprint density at radius 3 is 2.52 bits per heavy atom. The number of aryl methyl sites for hydroxylation is 3. The molecule has 0 fully saturated rings. The molecule has 25 heavy (non-hydrogen) atoms. The molecular weight excluding hydrogens is 338 g/mol. The molecule has 0 saturated heterocycles. The van der Waals surface area contributed by atoms with Crippen LogP contribution in [0.15, 0.2) is 34.7 Å². The number of thiophene rings is 1. The Balaban J connectivity index is 1.73. The zero-order valence-corrected chi connectivity index (χ0v) is 15.4. The highest BCUT2D eigenvalue weighted by molar-refractivity contribution is 7.14. The van der Waals surface area contributed by atoms with E-state index in [1.54, 1.807) is 7.11 Å². The summed E-state index contributed by atoms with van der Waals surface area (Å²) >= 11 is 1.41. The zero-order valence-electron chi connectivity index (χ0n) is 14.6. The van der Waals surface area contributed by atoms with E-state index in [9.17, 15) is 4.79 Å². The average Bonchev–Trinajstić information content (AvgIpc) is 3.15. The molecule has 1 aromatic carbocycles. The number of aromatic nitrogens is 1. The highest BCUT2D eigenvalue weighted by Crippen LogP contribution is 2.32. The van der Waals surface area contributed by atoms with Crippen LogP contribution >= 0.6 is 11.3 Å². The minimum Gasteiger partial charge on any atom is -0.497 e. The number of rotatable bonds is 5. The monoisotopic (exact) mass is 357 g/mol. The third kappa shape index (κ3) is 3.74. The Labute approximate surface area is 150 Å². The van der Waals surface area contributed by atoms with Gasteiger partial charge in [0.1, 0.15) is 16.4 Å². The number of hydrogen-bond donors (Lipinski definition) is 0. The van der Waals surface area contributed by atoms with Gasteiger partial charge in [0.2, 0.25) is 5.89 Å². The number of methoxy groups -OCH3 is 1. The first kappa shape index (κ1) is 17.2. The van der Waals surface area contributed by atoms with E-state index < -0.39 is 0 Å². The van der Waals surface area contributed by atoms with Crippen LogP contribution in [0, 0.1) is 20.8 Å². The van der Waals surface area contributed by atoms with E-state index in [2.05, 4.69) is 4.98 Å².